The zero-order valence-electron chi connectivity index (χ0n) is 28.3. The first-order valence-electron chi connectivity index (χ1n) is 17.6. The monoisotopic (exact) mass is 680 g/mol. The third-order valence-corrected chi connectivity index (χ3v) is 10.0. The molecule has 10 aromatic rings. The third-order valence-electron chi connectivity index (χ3n) is 10.0. The van der Waals surface area contributed by atoms with Gasteiger partial charge in [-0.2, -0.15) is 0 Å². The average molecular weight is 681 g/mol. The molecule has 0 bridgehead atoms. The largest absolute Gasteiger partial charge is 0.455 e. The Labute approximate surface area is 304 Å². The van der Waals surface area contributed by atoms with Gasteiger partial charge in [-0.3, -0.25) is 9.47 Å². The summed E-state index contributed by atoms with van der Waals surface area (Å²) >= 11 is 0. The molecule has 1 aliphatic rings. The predicted molar refractivity (Wildman–Crippen MR) is 212 cm³/mol. The van der Waals surface area contributed by atoms with E-state index in [1.807, 2.05) is 66.7 Å². The van der Waals surface area contributed by atoms with Gasteiger partial charge in [-0.25, -0.2) is 19.9 Å². The predicted octanol–water partition coefficient (Wildman–Crippen LogP) is 11.6. The molecule has 3 aromatic heterocycles. The van der Waals surface area contributed by atoms with Gasteiger partial charge in [-0.05, 0) is 60.7 Å². The van der Waals surface area contributed by atoms with Crippen LogP contribution in [0.1, 0.15) is 0 Å². The molecule has 0 amide bonds. The van der Waals surface area contributed by atoms with E-state index in [1.165, 1.54) is 0 Å². The van der Waals surface area contributed by atoms with Gasteiger partial charge in [0.25, 0.3) is 0 Å². The number of benzene rings is 7. The third kappa shape index (κ3) is 4.61. The number of aromatic nitrogens is 5. The Hall–Kier alpha value is -7.38. The van der Waals surface area contributed by atoms with Crippen molar-refractivity contribution in [3.8, 4) is 51.0 Å². The van der Waals surface area contributed by atoms with Gasteiger partial charge in [-0.1, -0.05) is 109 Å². The van der Waals surface area contributed by atoms with E-state index in [9.17, 15) is 0 Å². The SMILES string of the molecule is c1ccc(-c2nc(-c3ccc(N4c5ccccc5-c5ccccc5-n5c4nc4ccccc45)cc3)nc(-c3cccc4c3oc3ccccc34)n2)cc1. The molecule has 0 fully saturated rings. The minimum absolute atomic E-state index is 0.551. The van der Waals surface area contributed by atoms with Crippen LogP contribution in [-0.4, -0.2) is 24.5 Å². The molecule has 0 aliphatic carbocycles. The van der Waals surface area contributed by atoms with Crippen molar-refractivity contribution in [2.75, 3.05) is 4.90 Å². The molecule has 0 N–H and O–H groups in total. The van der Waals surface area contributed by atoms with Crippen molar-refractivity contribution in [3.63, 3.8) is 0 Å². The summed E-state index contributed by atoms with van der Waals surface area (Å²) in [4.78, 5) is 22.6. The molecular formula is C46H28N6O. The van der Waals surface area contributed by atoms with E-state index >= 15 is 0 Å². The van der Waals surface area contributed by atoms with E-state index in [0.29, 0.717) is 17.5 Å². The highest BCUT2D eigenvalue weighted by atomic mass is 16.3. The Kier molecular flexibility index (Phi) is 6.42. The standard InChI is InChI=1S/C46H28N6O/c1-2-13-29(14-3-1)43-48-44(50-45(49-43)36-19-12-18-35-34-17-6-11-24-41(34)53-42(35)36)30-25-27-31(28-26-30)51-38-21-8-4-15-32(38)33-16-5-9-22-39(33)52-40-23-10-7-20-37(40)47-46(51)52/h1-28H. The fourth-order valence-corrected chi connectivity index (χ4v) is 7.58. The number of rotatable bonds is 4. The second-order valence-electron chi connectivity index (χ2n) is 13.1. The van der Waals surface area contributed by atoms with Crippen molar-refractivity contribution in [1.29, 1.82) is 0 Å². The molecule has 248 valence electrons. The quantitative estimate of drug-likeness (QED) is 0.184. The van der Waals surface area contributed by atoms with Crippen LogP contribution in [0, 0.1) is 0 Å². The highest BCUT2D eigenvalue weighted by molar-refractivity contribution is 6.09. The number of hydrogen-bond acceptors (Lipinski definition) is 6. The van der Waals surface area contributed by atoms with Crippen molar-refractivity contribution in [2.24, 2.45) is 0 Å². The van der Waals surface area contributed by atoms with Crippen LogP contribution in [0.3, 0.4) is 0 Å². The molecule has 0 saturated heterocycles. The maximum atomic E-state index is 6.41. The van der Waals surface area contributed by atoms with Crippen LogP contribution in [-0.2, 0) is 0 Å². The fourth-order valence-electron chi connectivity index (χ4n) is 7.58. The minimum atomic E-state index is 0.551. The normalized spacial score (nSPS) is 12.1. The lowest BCUT2D eigenvalue weighted by molar-refractivity contribution is 0.669. The first kappa shape index (κ1) is 29.4. The molecule has 0 radical (unpaired) electrons. The molecule has 0 saturated carbocycles. The van der Waals surface area contributed by atoms with Crippen LogP contribution in [0.25, 0.3) is 83.9 Å². The van der Waals surface area contributed by atoms with E-state index in [0.717, 1.165) is 83.8 Å². The van der Waals surface area contributed by atoms with E-state index in [2.05, 4.69) is 113 Å². The van der Waals surface area contributed by atoms with Crippen molar-refractivity contribution >= 4 is 50.3 Å². The first-order valence-corrected chi connectivity index (χ1v) is 17.6. The molecule has 53 heavy (non-hydrogen) atoms. The second kappa shape index (κ2) is 11.6. The van der Waals surface area contributed by atoms with Crippen LogP contribution in [0.2, 0.25) is 0 Å². The van der Waals surface area contributed by atoms with Crippen molar-refractivity contribution in [2.45, 2.75) is 0 Å². The van der Waals surface area contributed by atoms with E-state index in [4.69, 9.17) is 24.4 Å². The van der Waals surface area contributed by atoms with E-state index in [1.54, 1.807) is 0 Å². The average Bonchev–Trinajstić information content (AvgIpc) is 3.77. The number of para-hydroxylation sites is 6. The minimum Gasteiger partial charge on any atom is -0.455 e. The summed E-state index contributed by atoms with van der Waals surface area (Å²) in [7, 11) is 0. The molecule has 1 aliphatic heterocycles. The van der Waals surface area contributed by atoms with Gasteiger partial charge in [0, 0.05) is 38.7 Å². The molecule has 0 unspecified atom stereocenters. The van der Waals surface area contributed by atoms with Gasteiger partial charge in [0.15, 0.2) is 17.5 Å². The molecule has 0 spiro atoms. The van der Waals surface area contributed by atoms with E-state index < -0.39 is 0 Å². The fraction of sp³-hybridized carbons (Fsp3) is 0. The summed E-state index contributed by atoms with van der Waals surface area (Å²) in [6, 6.07) is 58.0. The van der Waals surface area contributed by atoms with Gasteiger partial charge < -0.3 is 4.42 Å². The van der Waals surface area contributed by atoms with Crippen molar-refractivity contribution in [1.82, 2.24) is 24.5 Å². The van der Waals surface area contributed by atoms with Gasteiger partial charge in [0.05, 0.1) is 28.0 Å². The maximum Gasteiger partial charge on any atom is 0.220 e. The highest BCUT2D eigenvalue weighted by Crippen LogP contribution is 2.47. The Morgan fingerprint density at radius 3 is 1.85 bits per heavy atom. The van der Waals surface area contributed by atoms with Gasteiger partial charge in [0.1, 0.15) is 11.2 Å². The highest BCUT2D eigenvalue weighted by Gasteiger charge is 2.29. The smallest absolute Gasteiger partial charge is 0.220 e. The first-order chi connectivity index (χ1) is 26.3. The van der Waals surface area contributed by atoms with Crippen molar-refractivity contribution < 1.29 is 4.42 Å². The van der Waals surface area contributed by atoms with Crippen LogP contribution < -0.4 is 4.90 Å². The molecule has 7 heteroatoms. The summed E-state index contributed by atoms with van der Waals surface area (Å²) in [5, 5.41) is 2.08. The summed E-state index contributed by atoms with van der Waals surface area (Å²) < 4.78 is 8.68. The Morgan fingerprint density at radius 1 is 0.415 bits per heavy atom. The van der Waals surface area contributed by atoms with Gasteiger partial charge in [-0.15, -0.1) is 0 Å². The van der Waals surface area contributed by atoms with Gasteiger partial charge in [0.2, 0.25) is 5.95 Å². The Balaban J connectivity index is 1.08. The lowest BCUT2D eigenvalue weighted by Gasteiger charge is -2.24. The summed E-state index contributed by atoms with van der Waals surface area (Å²) in [5.74, 6) is 2.54. The zero-order chi connectivity index (χ0) is 34.9. The Bertz CT molecular complexity index is 3020. The van der Waals surface area contributed by atoms with E-state index in [-0.39, 0.29) is 0 Å². The molecule has 7 aromatic carbocycles. The number of furan rings is 1. The second-order valence-corrected chi connectivity index (χ2v) is 13.1. The Morgan fingerprint density at radius 2 is 1.02 bits per heavy atom. The van der Waals surface area contributed by atoms with Crippen LogP contribution in [0.15, 0.2) is 174 Å². The van der Waals surface area contributed by atoms with Crippen LogP contribution in [0.4, 0.5) is 17.3 Å². The summed E-state index contributed by atoms with van der Waals surface area (Å²) in [6.45, 7) is 0. The lowest BCUT2D eigenvalue weighted by Crippen LogP contribution is -2.14. The molecule has 0 atom stereocenters. The maximum absolute atomic E-state index is 6.41. The number of nitrogens with zero attached hydrogens (tertiary/aromatic N) is 6. The molecule has 7 nitrogen and oxygen atoms in total. The molecular weight excluding hydrogens is 653 g/mol. The van der Waals surface area contributed by atoms with Crippen LogP contribution in [0.5, 0.6) is 0 Å². The number of fused-ring (bicyclic) bond motifs is 10. The molecule has 11 rings (SSSR count). The van der Waals surface area contributed by atoms with Gasteiger partial charge >= 0.3 is 0 Å². The zero-order valence-corrected chi connectivity index (χ0v) is 28.3. The number of anilines is 3. The topological polar surface area (TPSA) is 72.9 Å². The summed E-state index contributed by atoms with van der Waals surface area (Å²) in [5.41, 5.74) is 11.6. The van der Waals surface area contributed by atoms with Crippen LogP contribution >= 0.6 is 0 Å². The number of imidazole rings is 1. The lowest BCUT2D eigenvalue weighted by atomic mass is 10.0. The summed E-state index contributed by atoms with van der Waals surface area (Å²) in [6.07, 6.45) is 0. The van der Waals surface area contributed by atoms with Crippen molar-refractivity contribution in [3.05, 3.63) is 170 Å². The molecule has 4 heterocycles. The number of hydrogen-bond donors (Lipinski definition) is 0.